The molecule has 4 heteroatoms. The van der Waals surface area contributed by atoms with Gasteiger partial charge in [0.15, 0.2) is 5.82 Å². The molecule has 1 N–H and O–H groups in total. The van der Waals surface area contributed by atoms with Crippen LogP contribution in [0, 0.1) is 11.6 Å². The van der Waals surface area contributed by atoms with Crippen LogP contribution < -0.4 is 0 Å². The quantitative estimate of drug-likeness (QED) is 0.715. The number of aryl methyl sites for hydroxylation is 1. The number of benzene rings is 1. The number of nitrogens with zero attached hydrogens (tertiary/aromatic N) is 2. The molecule has 0 bridgehead atoms. The summed E-state index contributed by atoms with van der Waals surface area (Å²) in [5.41, 5.74) is 3.95. The van der Waals surface area contributed by atoms with Crippen LogP contribution >= 0.6 is 12.2 Å². The Kier molecular flexibility index (Phi) is 3.32. The van der Waals surface area contributed by atoms with Gasteiger partial charge in [0.2, 0.25) is 0 Å². The van der Waals surface area contributed by atoms with E-state index in [1.54, 1.807) is 0 Å². The van der Waals surface area contributed by atoms with Crippen molar-refractivity contribution in [3.63, 3.8) is 0 Å². The first-order chi connectivity index (χ1) is 9.69. The lowest BCUT2D eigenvalue weighted by Gasteiger charge is -2.07. The predicted octanol–water partition coefficient (Wildman–Crippen LogP) is 4.23. The molecule has 3 rings (SSSR count). The minimum absolute atomic E-state index is 0.661. The maximum atomic E-state index is 5.36. The van der Waals surface area contributed by atoms with Gasteiger partial charge in [-0.15, -0.1) is 0 Å². The first-order valence-electron chi connectivity index (χ1n) is 6.65. The van der Waals surface area contributed by atoms with E-state index in [9.17, 15) is 0 Å². The van der Waals surface area contributed by atoms with E-state index in [0.717, 1.165) is 40.1 Å². The van der Waals surface area contributed by atoms with Crippen LogP contribution in [0.15, 0.2) is 36.4 Å². The van der Waals surface area contributed by atoms with E-state index in [1.165, 1.54) is 0 Å². The molecule has 2 aromatic heterocycles. The first kappa shape index (κ1) is 12.9. The third-order valence-electron chi connectivity index (χ3n) is 3.42. The van der Waals surface area contributed by atoms with Crippen molar-refractivity contribution in [3.8, 4) is 11.5 Å². The Morgan fingerprint density at radius 1 is 1.10 bits per heavy atom. The van der Waals surface area contributed by atoms with E-state index < -0.39 is 0 Å². The molecule has 100 valence electrons. The summed E-state index contributed by atoms with van der Waals surface area (Å²) < 4.78 is 0.661. The van der Waals surface area contributed by atoms with Crippen molar-refractivity contribution >= 4 is 23.1 Å². The van der Waals surface area contributed by atoms with Crippen LogP contribution in [0.1, 0.15) is 18.2 Å². The van der Waals surface area contributed by atoms with Crippen LogP contribution in [0.2, 0.25) is 0 Å². The number of hydrogen-bond acceptors (Lipinski definition) is 3. The second kappa shape index (κ2) is 5.13. The second-order valence-corrected chi connectivity index (χ2v) is 5.12. The third-order valence-corrected chi connectivity index (χ3v) is 3.76. The zero-order valence-electron chi connectivity index (χ0n) is 11.5. The van der Waals surface area contributed by atoms with Gasteiger partial charge in [0.05, 0.1) is 5.52 Å². The van der Waals surface area contributed by atoms with Gasteiger partial charge in [-0.05, 0) is 25.5 Å². The smallest absolute Gasteiger partial charge is 0.157 e. The molecule has 2 heterocycles. The molecule has 1 aromatic carbocycles. The number of H-pyrrole nitrogens is 1. The van der Waals surface area contributed by atoms with Gasteiger partial charge in [-0.25, -0.2) is 9.97 Å². The van der Waals surface area contributed by atoms with Gasteiger partial charge < -0.3 is 4.98 Å². The van der Waals surface area contributed by atoms with E-state index in [2.05, 4.69) is 27.9 Å². The SMILES string of the molecule is CCc1c(C)[nH]c(-c2ccc3ccccc3n2)nc1=S. The molecule has 0 spiro atoms. The molecule has 0 saturated heterocycles. The van der Waals surface area contributed by atoms with Gasteiger partial charge in [0.1, 0.15) is 10.3 Å². The Labute approximate surface area is 122 Å². The summed E-state index contributed by atoms with van der Waals surface area (Å²) in [5, 5.41) is 1.12. The zero-order valence-corrected chi connectivity index (χ0v) is 12.3. The highest BCUT2D eigenvalue weighted by Crippen LogP contribution is 2.19. The van der Waals surface area contributed by atoms with E-state index in [1.807, 2.05) is 37.3 Å². The molecule has 0 amide bonds. The van der Waals surface area contributed by atoms with Crippen LogP contribution in [0.25, 0.3) is 22.4 Å². The van der Waals surface area contributed by atoms with Crippen molar-refractivity contribution in [3.05, 3.63) is 52.3 Å². The summed E-state index contributed by atoms with van der Waals surface area (Å²) in [4.78, 5) is 12.4. The number of nitrogens with one attached hydrogen (secondary N) is 1. The van der Waals surface area contributed by atoms with Gasteiger partial charge >= 0.3 is 0 Å². The van der Waals surface area contributed by atoms with Crippen LogP contribution in [0.5, 0.6) is 0 Å². The summed E-state index contributed by atoms with van der Waals surface area (Å²) in [5.74, 6) is 0.732. The number of hydrogen-bond donors (Lipinski definition) is 1. The second-order valence-electron chi connectivity index (χ2n) is 4.74. The summed E-state index contributed by atoms with van der Waals surface area (Å²) in [6, 6.07) is 12.1. The van der Waals surface area contributed by atoms with Crippen molar-refractivity contribution in [2.45, 2.75) is 20.3 Å². The molecule has 0 atom stereocenters. The van der Waals surface area contributed by atoms with E-state index in [4.69, 9.17) is 12.2 Å². The van der Waals surface area contributed by atoms with Gasteiger partial charge in [0, 0.05) is 16.6 Å². The van der Waals surface area contributed by atoms with Crippen molar-refractivity contribution in [2.24, 2.45) is 0 Å². The number of fused-ring (bicyclic) bond motifs is 1. The van der Waals surface area contributed by atoms with Gasteiger partial charge in [-0.1, -0.05) is 43.4 Å². The van der Waals surface area contributed by atoms with E-state index >= 15 is 0 Å². The molecular weight excluding hydrogens is 266 g/mol. The van der Waals surface area contributed by atoms with E-state index in [-0.39, 0.29) is 0 Å². The Morgan fingerprint density at radius 2 is 1.90 bits per heavy atom. The van der Waals surface area contributed by atoms with Crippen molar-refractivity contribution in [1.29, 1.82) is 0 Å². The van der Waals surface area contributed by atoms with Crippen molar-refractivity contribution in [2.75, 3.05) is 0 Å². The fourth-order valence-corrected chi connectivity index (χ4v) is 2.73. The predicted molar refractivity (Wildman–Crippen MR) is 84.3 cm³/mol. The molecular formula is C16H15N3S. The number of aromatic nitrogens is 3. The van der Waals surface area contributed by atoms with Crippen LogP contribution in [0.4, 0.5) is 0 Å². The Bertz CT molecular complexity index is 836. The molecule has 0 fully saturated rings. The normalized spacial score (nSPS) is 10.9. The standard InChI is InChI=1S/C16H15N3S/c1-3-12-10(2)17-15(19-16(12)20)14-9-8-11-6-4-5-7-13(11)18-14/h4-9H,3H2,1-2H3,(H,17,19,20). The fourth-order valence-electron chi connectivity index (χ4n) is 2.35. The molecule has 0 aliphatic rings. The maximum absolute atomic E-state index is 5.36. The first-order valence-corrected chi connectivity index (χ1v) is 7.06. The van der Waals surface area contributed by atoms with Crippen molar-refractivity contribution < 1.29 is 0 Å². The highest BCUT2D eigenvalue weighted by Gasteiger charge is 2.07. The van der Waals surface area contributed by atoms with Gasteiger partial charge in [-0.3, -0.25) is 0 Å². The topological polar surface area (TPSA) is 41.6 Å². The minimum atomic E-state index is 0.661. The molecule has 0 unspecified atom stereocenters. The molecule has 0 aliphatic carbocycles. The van der Waals surface area contributed by atoms with E-state index in [0.29, 0.717) is 4.64 Å². The molecule has 0 saturated carbocycles. The number of para-hydroxylation sites is 1. The monoisotopic (exact) mass is 281 g/mol. The van der Waals surface area contributed by atoms with Gasteiger partial charge in [-0.2, -0.15) is 0 Å². The Hall–Kier alpha value is -2.07. The molecule has 3 nitrogen and oxygen atoms in total. The summed E-state index contributed by atoms with van der Waals surface area (Å²) in [6.45, 7) is 4.11. The minimum Gasteiger partial charge on any atom is -0.342 e. The van der Waals surface area contributed by atoms with Crippen LogP contribution in [-0.2, 0) is 6.42 Å². The summed E-state index contributed by atoms with van der Waals surface area (Å²) >= 11 is 5.36. The highest BCUT2D eigenvalue weighted by molar-refractivity contribution is 7.71. The molecule has 0 radical (unpaired) electrons. The van der Waals surface area contributed by atoms with Crippen LogP contribution in [-0.4, -0.2) is 15.0 Å². The maximum Gasteiger partial charge on any atom is 0.157 e. The van der Waals surface area contributed by atoms with Crippen LogP contribution in [0.3, 0.4) is 0 Å². The third kappa shape index (κ3) is 2.23. The lowest BCUT2D eigenvalue weighted by Crippen LogP contribution is -2.00. The molecule has 3 aromatic rings. The lowest BCUT2D eigenvalue weighted by molar-refractivity contribution is 0.984. The Morgan fingerprint density at radius 3 is 2.65 bits per heavy atom. The molecule has 0 aliphatic heterocycles. The summed E-state index contributed by atoms with van der Waals surface area (Å²) in [7, 11) is 0. The largest absolute Gasteiger partial charge is 0.342 e. The Balaban J connectivity index is 2.18. The number of pyridine rings is 1. The van der Waals surface area contributed by atoms with Crippen molar-refractivity contribution in [1.82, 2.24) is 15.0 Å². The van der Waals surface area contributed by atoms with Gasteiger partial charge in [0.25, 0.3) is 0 Å². The summed E-state index contributed by atoms with van der Waals surface area (Å²) in [6.07, 6.45) is 0.888. The molecule has 20 heavy (non-hydrogen) atoms. The lowest BCUT2D eigenvalue weighted by atomic mass is 10.2. The number of rotatable bonds is 2. The highest BCUT2D eigenvalue weighted by atomic mass is 32.1. The fraction of sp³-hybridized carbons (Fsp3) is 0.188. The zero-order chi connectivity index (χ0) is 14.1. The average Bonchev–Trinajstić information content (AvgIpc) is 2.46. The average molecular weight is 281 g/mol. The number of aromatic amines is 1.